The van der Waals surface area contributed by atoms with Crippen LogP contribution in [0.2, 0.25) is 0 Å². The van der Waals surface area contributed by atoms with E-state index in [4.69, 9.17) is 0 Å². The molecular weight excluding hydrogens is 212 g/mol. The van der Waals surface area contributed by atoms with E-state index in [0.29, 0.717) is 0 Å². The minimum Gasteiger partial charge on any atom is -0.376 e. The summed E-state index contributed by atoms with van der Waals surface area (Å²) >= 11 is 0. The van der Waals surface area contributed by atoms with Gasteiger partial charge in [-0.1, -0.05) is 6.92 Å². The van der Waals surface area contributed by atoms with E-state index >= 15 is 0 Å². The Morgan fingerprint density at radius 2 is 2.24 bits per heavy atom. The molecule has 90 valence electrons. The molecule has 2 heterocycles. The van der Waals surface area contributed by atoms with E-state index < -0.39 is 0 Å². The van der Waals surface area contributed by atoms with Gasteiger partial charge < -0.3 is 9.88 Å². The van der Waals surface area contributed by atoms with Gasteiger partial charge in [0, 0.05) is 25.1 Å². The zero-order chi connectivity index (χ0) is 12.1. The Kier molecular flexibility index (Phi) is 3.75. The maximum absolute atomic E-state index is 4.36. The first-order valence-electron chi connectivity index (χ1n) is 5.95. The second-order valence-electron chi connectivity index (χ2n) is 4.08. The highest BCUT2D eigenvalue weighted by atomic mass is 15.1. The first-order chi connectivity index (χ1) is 8.31. The molecule has 4 heteroatoms. The Hall–Kier alpha value is -1.84. The van der Waals surface area contributed by atoms with Crippen LogP contribution in [0.15, 0.2) is 30.9 Å². The molecule has 0 atom stereocenters. The number of aryl methyl sites for hydroxylation is 2. The van der Waals surface area contributed by atoms with E-state index in [9.17, 15) is 0 Å². The Morgan fingerprint density at radius 1 is 1.35 bits per heavy atom. The van der Waals surface area contributed by atoms with E-state index in [1.165, 1.54) is 5.56 Å². The second-order valence-corrected chi connectivity index (χ2v) is 4.08. The predicted octanol–water partition coefficient (Wildman–Crippen LogP) is 2.61. The van der Waals surface area contributed by atoms with Crippen molar-refractivity contribution in [1.29, 1.82) is 0 Å². The van der Waals surface area contributed by atoms with Crippen molar-refractivity contribution < 1.29 is 0 Å². The maximum atomic E-state index is 4.36. The minimum atomic E-state index is 0.736. The molecule has 2 aromatic heterocycles. The molecule has 0 spiro atoms. The van der Waals surface area contributed by atoms with Gasteiger partial charge in [0.2, 0.25) is 0 Å². The highest BCUT2D eigenvalue weighted by Gasteiger charge is 2.02. The van der Waals surface area contributed by atoms with Crippen molar-refractivity contribution in [1.82, 2.24) is 14.5 Å². The lowest BCUT2D eigenvalue weighted by Crippen LogP contribution is -2.09. The molecular formula is C13H18N4. The molecule has 0 aromatic carbocycles. The molecule has 0 aliphatic rings. The van der Waals surface area contributed by atoms with Crippen LogP contribution in [0.4, 0.5) is 5.69 Å². The van der Waals surface area contributed by atoms with E-state index in [1.807, 2.05) is 24.7 Å². The molecule has 0 radical (unpaired) electrons. The van der Waals surface area contributed by atoms with Crippen molar-refractivity contribution in [2.24, 2.45) is 0 Å². The molecule has 0 bridgehead atoms. The lowest BCUT2D eigenvalue weighted by atomic mass is 10.2. The Morgan fingerprint density at radius 3 is 3.00 bits per heavy atom. The zero-order valence-corrected chi connectivity index (χ0v) is 10.3. The number of nitrogens with zero attached hydrogens (tertiary/aromatic N) is 3. The lowest BCUT2D eigenvalue weighted by molar-refractivity contribution is 0.644. The van der Waals surface area contributed by atoms with Crippen LogP contribution in [0.25, 0.3) is 0 Å². The molecule has 4 nitrogen and oxygen atoms in total. The topological polar surface area (TPSA) is 42.7 Å². The van der Waals surface area contributed by atoms with E-state index in [1.54, 1.807) is 6.20 Å². The lowest BCUT2D eigenvalue weighted by Gasteiger charge is -2.10. The molecule has 0 saturated carbocycles. The standard InChI is InChI=1S/C13H18N4/c1-3-7-17-8-6-15-13(17)10-16-12-9-14-5-4-11(12)2/h4-6,8-9,16H,3,7,10H2,1-2H3. The highest BCUT2D eigenvalue weighted by molar-refractivity contribution is 5.47. The zero-order valence-electron chi connectivity index (χ0n) is 10.3. The monoisotopic (exact) mass is 230 g/mol. The summed E-state index contributed by atoms with van der Waals surface area (Å²) in [7, 11) is 0. The van der Waals surface area contributed by atoms with Crippen LogP contribution >= 0.6 is 0 Å². The van der Waals surface area contributed by atoms with Crippen LogP contribution in [0.3, 0.4) is 0 Å². The van der Waals surface area contributed by atoms with Gasteiger partial charge in [-0.15, -0.1) is 0 Å². The van der Waals surface area contributed by atoms with Gasteiger partial charge in [-0.05, 0) is 25.0 Å². The van der Waals surface area contributed by atoms with Crippen molar-refractivity contribution >= 4 is 5.69 Å². The van der Waals surface area contributed by atoms with Gasteiger partial charge in [0.25, 0.3) is 0 Å². The summed E-state index contributed by atoms with van der Waals surface area (Å²) < 4.78 is 2.18. The molecule has 17 heavy (non-hydrogen) atoms. The summed E-state index contributed by atoms with van der Waals surface area (Å²) in [5.41, 5.74) is 2.27. The first-order valence-corrected chi connectivity index (χ1v) is 5.95. The van der Waals surface area contributed by atoms with Crippen LogP contribution < -0.4 is 5.32 Å². The van der Waals surface area contributed by atoms with Gasteiger partial charge in [0.15, 0.2) is 0 Å². The Labute approximate surface area is 102 Å². The first kappa shape index (κ1) is 11.6. The molecule has 0 saturated heterocycles. The molecule has 0 amide bonds. The fourth-order valence-electron chi connectivity index (χ4n) is 1.78. The smallest absolute Gasteiger partial charge is 0.128 e. The second kappa shape index (κ2) is 5.48. The molecule has 0 aliphatic carbocycles. The third-order valence-corrected chi connectivity index (χ3v) is 2.74. The van der Waals surface area contributed by atoms with Crippen molar-refractivity contribution in [3.05, 3.63) is 42.2 Å². The quantitative estimate of drug-likeness (QED) is 0.858. The van der Waals surface area contributed by atoms with Gasteiger partial charge in [0.05, 0.1) is 18.4 Å². The van der Waals surface area contributed by atoms with Crippen molar-refractivity contribution in [2.45, 2.75) is 33.4 Å². The van der Waals surface area contributed by atoms with Gasteiger partial charge in [-0.25, -0.2) is 4.98 Å². The fourth-order valence-corrected chi connectivity index (χ4v) is 1.78. The molecule has 0 fully saturated rings. The summed E-state index contributed by atoms with van der Waals surface area (Å²) in [5, 5.41) is 3.37. The van der Waals surface area contributed by atoms with E-state index in [-0.39, 0.29) is 0 Å². The average molecular weight is 230 g/mol. The van der Waals surface area contributed by atoms with E-state index in [2.05, 4.69) is 33.7 Å². The fraction of sp³-hybridized carbons (Fsp3) is 0.385. The number of anilines is 1. The summed E-state index contributed by atoms with van der Waals surface area (Å²) in [6, 6.07) is 2.00. The normalized spacial score (nSPS) is 10.5. The molecule has 1 N–H and O–H groups in total. The predicted molar refractivity (Wildman–Crippen MR) is 68.8 cm³/mol. The third-order valence-electron chi connectivity index (χ3n) is 2.74. The van der Waals surface area contributed by atoms with Crippen LogP contribution in [0, 0.1) is 6.92 Å². The third kappa shape index (κ3) is 2.84. The number of rotatable bonds is 5. The SMILES string of the molecule is CCCn1ccnc1CNc1cnccc1C. The van der Waals surface area contributed by atoms with Crippen LogP contribution in [0.1, 0.15) is 24.7 Å². The van der Waals surface area contributed by atoms with Gasteiger partial charge in [0.1, 0.15) is 5.82 Å². The van der Waals surface area contributed by atoms with Crippen LogP contribution in [-0.4, -0.2) is 14.5 Å². The number of nitrogens with one attached hydrogen (secondary N) is 1. The molecule has 2 aromatic rings. The Balaban J connectivity index is 2.02. The molecule has 2 rings (SSSR count). The number of pyridine rings is 1. The number of hydrogen-bond acceptors (Lipinski definition) is 3. The summed E-state index contributed by atoms with van der Waals surface area (Å²) in [6.07, 6.45) is 8.65. The van der Waals surface area contributed by atoms with Gasteiger partial charge >= 0.3 is 0 Å². The molecule has 0 unspecified atom stereocenters. The van der Waals surface area contributed by atoms with Crippen molar-refractivity contribution in [2.75, 3.05) is 5.32 Å². The van der Waals surface area contributed by atoms with Crippen molar-refractivity contribution in [3.63, 3.8) is 0 Å². The maximum Gasteiger partial charge on any atom is 0.128 e. The van der Waals surface area contributed by atoms with Gasteiger partial charge in [-0.3, -0.25) is 4.98 Å². The van der Waals surface area contributed by atoms with Gasteiger partial charge in [-0.2, -0.15) is 0 Å². The van der Waals surface area contributed by atoms with Crippen LogP contribution in [0.5, 0.6) is 0 Å². The number of aromatic nitrogens is 3. The summed E-state index contributed by atoms with van der Waals surface area (Å²) in [6.45, 7) is 5.99. The summed E-state index contributed by atoms with van der Waals surface area (Å²) in [5.74, 6) is 1.06. The average Bonchev–Trinajstić information content (AvgIpc) is 2.76. The van der Waals surface area contributed by atoms with Crippen LogP contribution in [-0.2, 0) is 13.1 Å². The van der Waals surface area contributed by atoms with Crippen molar-refractivity contribution in [3.8, 4) is 0 Å². The Bertz CT molecular complexity index is 476. The number of imidazole rings is 1. The minimum absolute atomic E-state index is 0.736. The molecule has 0 aliphatic heterocycles. The van der Waals surface area contributed by atoms with E-state index in [0.717, 1.165) is 31.0 Å². The highest BCUT2D eigenvalue weighted by Crippen LogP contribution is 2.12. The number of hydrogen-bond donors (Lipinski definition) is 1. The largest absolute Gasteiger partial charge is 0.376 e. The summed E-state index contributed by atoms with van der Waals surface area (Å²) in [4.78, 5) is 8.47.